The molecule has 0 atom stereocenters. The lowest BCUT2D eigenvalue weighted by molar-refractivity contribution is -0.00508. The van der Waals surface area contributed by atoms with Crippen LogP contribution in [0.4, 0.5) is 5.69 Å². The molecule has 0 unspecified atom stereocenters. The molecule has 3 fully saturated rings. The SMILES string of the molecule is CB(O)N1CC(Oc2nn(-c3ccccc3)c3nc(C(=O)OC4CN(BC=O)C4)cc(-c4ccc(N5CCOCC5)cc4)c23)C1. The Hall–Kier alpha value is -4.23. The molecular formula is C31H34B2N6O6. The zero-order valence-electron chi connectivity index (χ0n) is 25.1. The molecule has 0 aliphatic carbocycles. The maximum absolute atomic E-state index is 13.5. The number of hydrogen-bond acceptors (Lipinski definition) is 11. The summed E-state index contributed by atoms with van der Waals surface area (Å²) in [6.45, 7) is 6.93. The Kier molecular flexibility index (Phi) is 8.28. The van der Waals surface area contributed by atoms with Gasteiger partial charge in [0.25, 0.3) is 7.41 Å². The number of carbonyl (C=O) groups excluding carboxylic acids is 2. The van der Waals surface area contributed by atoms with Crippen LogP contribution in [0.1, 0.15) is 10.5 Å². The highest BCUT2D eigenvalue weighted by Crippen LogP contribution is 2.38. The van der Waals surface area contributed by atoms with Crippen LogP contribution in [0.5, 0.6) is 5.88 Å². The van der Waals surface area contributed by atoms with Crippen LogP contribution in [-0.4, -0.2) is 121 Å². The van der Waals surface area contributed by atoms with Crippen LogP contribution < -0.4 is 9.64 Å². The van der Waals surface area contributed by atoms with Crippen molar-refractivity contribution in [3.05, 3.63) is 66.4 Å². The van der Waals surface area contributed by atoms with Gasteiger partial charge in [-0.25, -0.2) is 14.5 Å². The van der Waals surface area contributed by atoms with Gasteiger partial charge in [-0.15, -0.1) is 5.10 Å². The molecule has 1 N–H and O–H groups in total. The van der Waals surface area contributed by atoms with Crippen molar-refractivity contribution < 1.29 is 28.8 Å². The maximum Gasteiger partial charge on any atom is 0.376 e. The van der Waals surface area contributed by atoms with Crippen LogP contribution in [0.25, 0.3) is 27.8 Å². The standard InChI is InChI=1S/C31H34B2N6O6/c1-33(42)38-18-25(19-38)44-30-28-26(21-7-9-22(10-8-21)36-11-13-43-14-12-36)15-27(31(41)45-24-16-37(17-24)32-20-40)34-29(28)39(35-30)23-5-3-2-4-6-23/h2-10,15,20,24-25,32,42H,11-14,16-19H2,1H3. The first-order valence-corrected chi connectivity index (χ1v) is 15.3. The first-order chi connectivity index (χ1) is 22.0. The zero-order chi connectivity index (χ0) is 30.9. The summed E-state index contributed by atoms with van der Waals surface area (Å²) in [4.78, 5) is 35.3. The number of benzene rings is 2. The Morgan fingerprint density at radius 3 is 2.44 bits per heavy atom. The van der Waals surface area contributed by atoms with Crippen molar-refractivity contribution >= 4 is 43.3 Å². The number of ether oxygens (including phenoxy) is 3. The third-order valence-electron chi connectivity index (χ3n) is 8.58. The maximum atomic E-state index is 13.5. The molecule has 3 aliphatic rings. The Labute approximate surface area is 261 Å². The molecule has 7 rings (SSSR count). The van der Waals surface area contributed by atoms with E-state index >= 15 is 0 Å². The summed E-state index contributed by atoms with van der Waals surface area (Å²) in [5.41, 5.74) is 4.14. The number of anilines is 1. The van der Waals surface area contributed by atoms with E-state index in [2.05, 4.69) is 17.0 Å². The summed E-state index contributed by atoms with van der Waals surface area (Å²) >= 11 is 0. The lowest BCUT2D eigenvalue weighted by atomic mass is 9.81. The highest BCUT2D eigenvalue weighted by Gasteiger charge is 2.35. The van der Waals surface area contributed by atoms with Crippen LogP contribution in [0.3, 0.4) is 0 Å². The van der Waals surface area contributed by atoms with Gasteiger partial charge in [-0.05, 0) is 42.7 Å². The Morgan fingerprint density at radius 2 is 1.76 bits per heavy atom. The Morgan fingerprint density at radius 1 is 1.02 bits per heavy atom. The molecule has 0 amide bonds. The monoisotopic (exact) mass is 608 g/mol. The van der Waals surface area contributed by atoms with Crippen molar-refractivity contribution in [2.24, 2.45) is 0 Å². The van der Waals surface area contributed by atoms with E-state index < -0.39 is 13.0 Å². The molecule has 14 heteroatoms. The molecule has 2 aromatic carbocycles. The minimum atomic E-state index is -0.555. The topological polar surface area (TPSA) is 122 Å². The summed E-state index contributed by atoms with van der Waals surface area (Å²) in [6.07, 6.45) is 0.385. The molecule has 45 heavy (non-hydrogen) atoms. The van der Waals surface area contributed by atoms with E-state index in [1.807, 2.05) is 52.1 Å². The van der Waals surface area contributed by atoms with E-state index in [1.165, 1.54) is 0 Å². The van der Waals surface area contributed by atoms with Crippen LogP contribution in [0.2, 0.25) is 6.82 Å². The van der Waals surface area contributed by atoms with E-state index in [9.17, 15) is 14.6 Å². The molecular weight excluding hydrogens is 574 g/mol. The van der Waals surface area contributed by atoms with Crippen molar-refractivity contribution in [3.8, 4) is 22.7 Å². The van der Waals surface area contributed by atoms with Gasteiger partial charge in [0, 0.05) is 50.5 Å². The highest BCUT2D eigenvalue weighted by molar-refractivity contribution is 6.64. The number of carbonyl (C=O) groups is 2. The number of morpholine rings is 1. The second-order valence-corrected chi connectivity index (χ2v) is 11.7. The van der Waals surface area contributed by atoms with E-state index in [1.54, 1.807) is 17.6 Å². The van der Waals surface area contributed by atoms with Gasteiger partial charge >= 0.3 is 13.0 Å². The molecule has 5 heterocycles. The fourth-order valence-electron chi connectivity index (χ4n) is 5.99. The minimum absolute atomic E-state index is 0.156. The third-order valence-corrected chi connectivity index (χ3v) is 8.58. The molecule has 12 nitrogen and oxygen atoms in total. The molecule has 0 spiro atoms. The number of rotatable bonds is 10. The molecule has 3 aliphatic heterocycles. The van der Waals surface area contributed by atoms with Crippen LogP contribution in [-0.2, 0) is 14.3 Å². The van der Waals surface area contributed by atoms with Crippen molar-refractivity contribution in [2.75, 3.05) is 57.4 Å². The first kappa shape index (κ1) is 29.5. The van der Waals surface area contributed by atoms with Gasteiger partial charge in [0.15, 0.2) is 11.3 Å². The smallest absolute Gasteiger partial charge is 0.376 e. The number of esters is 1. The van der Waals surface area contributed by atoms with Gasteiger partial charge in [-0.2, -0.15) is 0 Å². The van der Waals surface area contributed by atoms with E-state index in [0.717, 1.165) is 41.8 Å². The number of aromatic nitrogens is 3. The molecule has 3 saturated heterocycles. The van der Waals surface area contributed by atoms with Crippen molar-refractivity contribution in [3.63, 3.8) is 0 Å². The van der Waals surface area contributed by atoms with Gasteiger partial charge < -0.3 is 38.6 Å². The van der Waals surface area contributed by atoms with Crippen LogP contribution in [0, 0.1) is 0 Å². The predicted octanol–water partition coefficient (Wildman–Crippen LogP) is 1.48. The molecule has 0 radical (unpaired) electrons. The quantitative estimate of drug-likeness (QED) is 0.160. The lowest BCUT2D eigenvalue weighted by Gasteiger charge is -2.39. The van der Waals surface area contributed by atoms with Gasteiger partial charge in [-0.1, -0.05) is 30.3 Å². The Balaban J connectivity index is 1.30. The molecule has 230 valence electrons. The van der Waals surface area contributed by atoms with E-state index in [4.69, 9.17) is 24.3 Å². The number of hydrogen-bond donors (Lipinski definition) is 1. The van der Waals surface area contributed by atoms with Gasteiger partial charge in [-0.3, -0.25) is 0 Å². The second-order valence-electron chi connectivity index (χ2n) is 11.7. The summed E-state index contributed by atoms with van der Waals surface area (Å²) < 4.78 is 19.5. The second kappa shape index (κ2) is 12.6. The summed E-state index contributed by atoms with van der Waals surface area (Å²) in [7, 11) is -0.238. The van der Waals surface area contributed by atoms with Crippen molar-refractivity contribution in [2.45, 2.75) is 19.0 Å². The number of nitrogens with zero attached hydrogens (tertiary/aromatic N) is 6. The normalized spacial score (nSPS) is 17.9. The zero-order valence-corrected chi connectivity index (χ0v) is 25.1. The van der Waals surface area contributed by atoms with Crippen molar-refractivity contribution in [1.29, 1.82) is 0 Å². The summed E-state index contributed by atoms with van der Waals surface area (Å²) in [6, 6.07) is 19.6. The van der Waals surface area contributed by atoms with E-state index in [-0.39, 0.29) is 17.9 Å². The molecule has 0 bridgehead atoms. The molecule has 2 aromatic heterocycles. The van der Waals surface area contributed by atoms with Gasteiger partial charge in [0.05, 0.1) is 30.5 Å². The summed E-state index contributed by atoms with van der Waals surface area (Å²) in [5.74, 6) is -0.124. The van der Waals surface area contributed by atoms with Gasteiger partial charge in [0.2, 0.25) is 5.88 Å². The number of pyridine rings is 1. The summed E-state index contributed by atoms with van der Waals surface area (Å²) in [5, 5.41) is 15.5. The Bertz CT molecular complexity index is 1670. The van der Waals surface area contributed by atoms with Gasteiger partial charge in [0.1, 0.15) is 12.2 Å². The van der Waals surface area contributed by atoms with Crippen molar-refractivity contribution in [1.82, 2.24) is 24.4 Å². The van der Waals surface area contributed by atoms with Crippen LogP contribution >= 0.6 is 0 Å². The number of para-hydroxylation sites is 1. The average molecular weight is 608 g/mol. The third kappa shape index (κ3) is 6.06. The average Bonchev–Trinajstić information content (AvgIpc) is 3.40. The largest absolute Gasteiger partial charge is 0.470 e. The lowest BCUT2D eigenvalue weighted by Crippen LogP contribution is -2.59. The predicted molar refractivity (Wildman–Crippen MR) is 172 cm³/mol. The minimum Gasteiger partial charge on any atom is -0.470 e. The fraction of sp³-hybridized carbons (Fsp3) is 0.355. The fourth-order valence-corrected chi connectivity index (χ4v) is 5.99. The number of fused-ring (bicyclic) bond motifs is 1. The molecule has 0 saturated carbocycles. The molecule has 4 aromatic rings. The highest BCUT2D eigenvalue weighted by atomic mass is 16.5. The van der Waals surface area contributed by atoms with Crippen LogP contribution in [0.15, 0.2) is 60.7 Å². The van der Waals surface area contributed by atoms with E-state index in [0.29, 0.717) is 63.7 Å². The first-order valence-electron chi connectivity index (χ1n) is 15.3.